The molecule has 0 saturated carbocycles. The number of pyridine rings is 1. The highest BCUT2D eigenvalue weighted by atomic mass is 19.4. The molecule has 0 amide bonds. The summed E-state index contributed by atoms with van der Waals surface area (Å²) in [5, 5.41) is 0. The lowest BCUT2D eigenvalue weighted by molar-refractivity contribution is -0.147. The van der Waals surface area contributed by atoms with E-state index in [1.165, 1.54) is 0 Å². The Morgan fingerprint density at radius 3 is 2.44 bits per heavy atom. The number of ether oxygens (including phenoxy) is 1. The summed E-state index contributed by atoms with van der Waals surface area (Å²) in [4.78, 5) is 26.3. The van der Waals surface area contributed by atoms with Crippen LogP contribution in [0.2, 0.25) is 0 Å². The summed E-state index contributed by atoms with van der Waals surface area (Å²) < 4.78 is 45.9. The molecule has 1 aromatic rings. The second-order valence-electron chi connectivity index (χ2n) is 6.78. The Morgan fingerprint density at radius 1 is 1.33 bits per heavy atom. The Labute approximate surface area is 157 Å². The van der Waals surface area contributed by atoms with Gasteiger partial charge in [-0.2, -0.15) is 13.2 Å². The first kappa shape index (κ1) is 22.8. The van der Waals surface area contributed by atoms with Gasteiger partial charge in [-0.3, -0.25) is 14.3 Å². The molecule has 0 aromatic carbocycles. The Bertz CT molecular complexity index is 771. The second kappa shape index (κ2) is 9.60. The third-order valence-electron chi connectivity index (χ3n) is 3.59. The average Bonchev–Trinajstić information content (AvgIpc) is 2.52. The van der Waals surface area contributed by atoms with Crippen LogP contribution in [-0.4, -0.2) is 42.7 Å². The highest BCUT2D eigenvalue weighted by Gasteiger charge is 2.35. The quantitative estimate of drug-likeness (QED) is 0.557. The monoisotopic (exact) mass is 386 g/mol. The molecule has 1 heterocycles. The van der Waals surface area contributed by atoms with Gasteiger partial charge in [-0.05, 0) is 33.4 Å². The Balaban J connectivity index is 3.55. The van der Waals surface area contributed by atoms with Crippen LogP contribution in [0, 0.1) is 17.8 Å². The first-order chi connectivity index (χ1) is 12.5. The minimum Gasteiger partial charge on any atom is -0.464 e. The van der Waals surface area contributed by atoms with Crippen LogP contribution >= 0.6 is 0 Å². The fourth-order valence-electron chi connectivity index (χ4n) is 2.43. The maximum absolute atomic E-state index is 13.3. The third kappa shape index (κ3) is 6.75. The third-order valence-corrected chi connectivity index (χ3v) is 3.59. The molecule has 0 bridgehead atoms. The number of halogens is 3. The van der Waals surface area contributed by atoms with Crippen molar-refractivity contribution in [3.63, 3.8) is 0 Å². The van der Waals surface area contributed by atoms with Gasteiger partial charge < -0.3 is 4.74 Å². The van der Waals surface area contributed by atoms with Crippen LogP contribution in [0.3, 0.4) is 0 Å². The SMILES string of the molecule is CCOC(=O)C(CC(C)C)n1cc(C#CCN(C)C)c(C(F)(F)F)cc1=O. The molecule has 0 saturated heterocycles. The summed E-state index contributed by atoms with van der Waals surface area (Å²) in [5.41, 5.74) is -2.37. The zero-order valence-corrected chi connectivity index (χ0v) is 16.2. The van der Waals surface area contributed by atoms with E-state index in [0.29, 0.717) is 6.07 Å². The summed E-state index contributed by atoms with van der Waals surface area (Å²) in [7, 11) is 3.47. The van der Waals surface area contributed by atoms with Crippen LogP contribution in [0.1, 0.15) is 44.4 Å². The highest BCUT2D eigenvalue weighted by molar-refractivity contribution is 5.74. The Kier molecular flexibility index (Phi) is 8.10. The predicted octanol–water partition coefficient (Wildman–Crippen LogP) is 2.93. The van der Waals surface area contributed by atoms with E-state index in [2.05, 4.69) is 11.8 Å². The molecule has 0 fully saturated rings. The van der Waals surface area contributed by atoms with Gasteiger partial charge in [0.15, 0.2) is 0 Å². The van der Waals surface area contributed by atoms with Crippen LogP contribution in [0.4, 0.5) is 13.2 Å². The summed E-state index contributed by atoms with van der Waals surface area (Å²) in [5.74, 6) is 4.49. The normalized spacial score (nSPS) is 12.7. The Morgan fingerprint density at radius 2 is 1.96 bits per heavy atom. The number of carbonyl (C=O) groups is 1. The van der Waals surface area contributed by atoms with Crippen LogP contribution in [0.5, 0.6) is 0 Å². The summed E-state index contributed by atoms with van der Waals surface area (Å²) in [6.07, 6.45) is -3.45. The fraction of sp³-hybridized carbons (Fsp3) is 0.579. The van der Waals surface area contributed by atoms with Crippen molar-refractivity contribution in [2.75, 3.05) is 27.2 Å². The number of aromatic nitrogens is 1. The van der Waals surface area contributed by atoms with Gasteiger partial charge in [-0.15, -0.1) is 0 Å². The molecule has 0 aliphatic heterocycles. The first-order valence-electron chi connectivity index (χ1n) is 8.61. The Hall–Kier alpha value is -2.27. The molecule has 0 spiro atoms. The van der Waals surface area contributed by atoms with Gasteiger partial charge in [0.05, 0.1) is 24.3 Å². The van der Waals surface area contributed by atoms with Gasteiger partial charge in [0.25, 0.3) is 5.56 Å². The molecule has 8 heteroatoms. The topological polar surface area (TPSA) is 51.5 Å². The molecule has 1 unspecified atom stereocenters. The average molecular weight is 386 g/mol. The molecule has 27 heavy (non-hydrogen) atoms. The minimum absolute atomic E-state index is 0.0249. The van der Waals surface area contributed by atoms with E-state index in [-0.39, 0.29) is 31.1 Å². The maximum atomic E-state index is 13.3. The van der Waals surface area contributed by atoms with E-state index in [0.717, 1.165) is 10.8 Å². The van der Waals surface area contributed by atoms with Crippen molar-refractivity contribution in [2.45, 2.75) is 39.4 Å². The molecule has 1 rings (SSSR count). The molecule has 1 aromatic heterocycles. The smallest absolute Gasteiger partial charge is 0.417 e. The molecule has 0 aliphatic carbocycles. The molecule has 150 valence electrons. The van der Waals surface area contributed by atoms with Crippen molar-refractivity contribution in [1.82, 2.24) is 9.47 Å². The van der Waals surface area contributed by atoms with Gasteiger partial charge in [-0.1, -0.05) is 25.7 Å². The van der Waals surface area contributed by atoms with E-state index in [1.54, 1.807) is 25.9 Å². The van der Waals surface area contributed by atoms with Crippen molar-refractivity contribution in [3.8, 4) is 11.8 Å². The predicted molar refractivity (Wildman–Crippen MR) is 96.3 cm³/mol. The van der Waals surface area contributed by atoms with E-state index in [1.807, 2.05) is 13.8 Å². The van der Waals surface area contributed by atoms with Crippen molar-refractivity contribution >= 4 is 5.97 Å². The summed E-state index contributed by atoms with van der Waals surface area (Å²) in [6.45, 7) is 5.68. The molecule has 0 N–H and O–H groups in total. The number of alkyl halides is 3. The van der Waals surface area contributed by atoms with E-state index in [4.69, 9.17) is 4.74 Å². The molecular weight excluding hydrogens is 361 g/mol. The number of hydrogen-bond acceptors (Lipinski definition) is 4. The maximum Gasteiger partial charge on any atom is 0.417 e. The lowest BCUT2D eigenvalue weighted by atomic mass is 10.0. The van der Waals surface area contributed by atoms with Gasteiger partial charge in [0.1, 0.15) is 6.04 Å². The molecular formula is C19H25F3N2O3. The zero-order chi connectivity index (χ0) is 20.8. The number of rotatable bonds is 6. The van der Waals surface area contributed by atoms with Crippen molar-refractivity contribution in [3.05, 3.63) is 33.7 Å². The van der Waals surface area contributed by atoms with Gasteiger partial charge >= 0.3 is 12.1 Å². The summed E-state index contributed by atoms with van der Waals surface area (Å²) in [6, 6.07) is -0.513. The van der Waals surface area contributed by atoms with Gasteiger partial charge in [0, 0.05) is 12.3 Å². The van der Waals surface area contributed by atoms with E-state index >= 15 is 0 Å². The van der Waals surface area contributed by atoms with Gasteiger partial charge in [0.2, 0.25) is 0 Å². The van der Waals surface area contributed by atoms with E-state index in [9.17, 15) is 22.8 Å². The second-order valence-corrected chi connectivity index (χ2v) is 6.78. The van der Waals surface area contributed by atoms with Crippen LogP contribution in [0.15, 0.2) is 17.1 Å². The van der Waals surface area contributed by atoms with Crippen molar-refractivity contribution in [1.29, 1.82) is 0 Å². The summed E-state index contributed by atoms with van der Waals surface area (Å²) >= 11 is 0. The molecule has 5 nitrogen and oxygen atoms in total. The number of hydrogen-bond donors (Lipinski definition) is 0. The van der Waals surface area contributed by atoms with Crippen LogP contribution in [0.25, 0.3) is 0 Å². The lowest BCUT2D eigenvalue weighted by Crippen LogP contribution is -2.33. The lowest BCUT2D eigenvalue weighted by Gasteiger charge is -2.21. The van der Waals surface area contributed by atoms with Crippen LogP contribution < -0.4 is 5.56 Å². The van der Waals surface area contributed by atoms with E-state index < -0.39 is 29.3 Å². The largest absolute Gasteiger partial charge is 0.464 e. The van der Waals surface area contributed by atoms with Gasteiger partial charge in [-0.25, -0.2) is 4.79 Å². The minimum atomic E-state index is -4.72. The zero-order valence-electron chi connectivity index (χ0n) is 16.2. The fourth-order valence-corrected chi connectivity index (χ4v) is 2.43. The molecule has 0 radical (unpaired) electrons. The van der Waals surface area contributed by atoms with Crippen molar-refractivity contribution < 1.29 is 22.7 Å². The highest BCUT2D eigenvalue weighted by Crippen LogP contribution is 2.31. The van der Waals surface area contributed by atoms with Crippen molar-refractivity contribution in [2.24, 2.45) is 5.92 Å². The number of esters is 1. The number of carbonyl (C=O) groups excluding carboxylic acids is 1. The van der Waals surface area contributed by atoms with Crippen LogP contribution in [-0.2, 0) is 15.7 Å². The molecule has 0 aliphatic rings. The number of nitrogens with zero attached hydrogens (tertiary/aromatic N) is 2. The standard InChI is InChI=1S/C19H25F3N2O3/c1-6-27-18(26)16(10-13(2)3)24-12-14(8-7-9-23(4)5)15(11-17(24)25)19(20,21)22/h11-13,16H,6,9-10H2,1-5H3. The molecule has 1 atom stereocenters. The first-order valence-corrected chi connectivity index (χ1v) is 8.61.